The number of ether oxygens (including phenoxy) is 2. The molecule has 4 rings (SSSR count). The molecule has 2 aliphatic heterocycles. The van der Waals surface area contributed by atoms with Gasteiger partial charge in [0.25, 0.3) is 5.91 Å². The van der Waals surface area contributed by atoms with Crippen LogP contribution in [0.1, 0.15) is 11.1 Å². The molecule has 0 bridgehead atoms. The summed E-state index contributed by atoms with van der Waals surface area (Å²) >= 11 is 0. The van der Waals surface area contributed by atoms with Crippen LogP contribution in [0.5, 0.6) is 17.2 Å². The number of fused-ring (bicyclic) bond motifs is 1. The molecular weight excluding hydrogens is 494 g/mol. The van der Waals surface area contributed by atoms with E-state index in [2.05, 4.69) is 0 Å². The minimum absolute atomic E-state index is 0.0220. The predicted octanol–water partition coefficient (Wildman–Crippen LogP) is -1.35. The fourth-order valence-electron chi connectivity index (χ4n) is 4.21. The number of phenolic OH excluding ortho intramolecular Hbond substituents is 2. The van der Waals surface area contributed by atoms with Crippen LogP contribution in [0.25, 0.3) is 6.08 Å². The summed E-state index contributed by atoms with van der Waals surface area (Å²) in [5.74, 6) is -6.22. The molecule has 0 saturated carbocycles. The van der Waals surface area contributed by atoms with Crippen molar-refractivity contribution in [2.45, 2.75) is 42.9 Å². The smallest absolute Gasteiger partial charge is 0.355 e. The van der Waals surface area contributed by atoms with Crippen LogP contribution >= 0.6 is 0 Å². The van der Waals surface area contributed by atoms with Crippen molar-refractivity contribution in [3.05, 3.63) is 53.6 Å². The van der Waals surface area contributed by atoms with Crippen molar-refractivity contribution in [3.8, 4) is 17.2 Å². The van der Waals surface area contributed by atoms with E-state index in [1.165, 1.54) is 30.3 Å². The van der Waals surface area contributed by atoms with E-state index in [4.69, 9.17) is 9.47 Å². The molecule has 1 fully saturated rings. The van der Waals surface area contributed by atoms with E-state index in [1.807, 2.05) is 0 Å². The van der Waals surface area contributed by atoms with Crippen molar-refractivity contribution >= 4 is 23.6 Å². The number of amides is 1. The van der Waals surface area contributed by atoms with Gasteiger partial charge in [-0.3, -0.25) is 9.69 Å². The Balaban J connectivity index is 1.66. The zero-order valence-electron chi connectivity index (χ0n) is 19.1. The Morgan fingerprint density at radius 3 is 2.41 bits per heavy atom. The summed E-state index contributed by atoms with van der Waals surface area (Å²) in [4.78, 5) is 25.9. The van der Waals surface area contributed by atoms with Gasteiger partial charge in [-0.25, -0.2) is 4.79 Å². The van der Waals surface area contributed by atoms with Crippen molar-refractivity contribution in [3.63, 3.8) is 0 Å². The summed E-state index contributed by atoms with van der Waals surface area (Å²) in [5, 5.41) is 79.8. The third-order valence-corrected chi connectivity index (χ3v) is 6.16. The second-order valence-electron chi connectivity index (χ2n) is 8.64. The van der Waals surface area contributed by atoms with Gasteiger partial charge >= 0.3 is 11.9 Å². The maximum atomic E-state index is 13.0. The molecule has 8 N–H and O–H groups in total. The lowest BCUT2D eigenvalue weighted by Gasteiger charge is -2.44. The third kappa shape index (κ3) is 4.96. The second kappa shape index (κ2) is 9.97. The van der Waals surface area contributed by atoms with Gasteiger partial charge in [0.15, 0.2) is 17.6 Å². The van der Waals surface area contributed by atoms with Crippen molar-refractivity contribution in [1.82, 2.24) is 0 Å². The van der Waals surface area contributed by atoms with Crippen LogP contribution in [-0.2, 0) is 20.7 Å². The molecule has 0 spiro atoms. The number of hydrogen-bond acceptors (Lipinski definition) is 11. The Morgan fingerprint density at radius 2 is 1.78 bits per heavy atom. The minimum Gasteiger partial charge on any atom is -0.508 e. The Morgan fingerprint density at radius 1 is 1.11 bits per heavy atom. The molecular formula is C24H25NO12. The Kier molecular flexibility index (Phi) is 7.10. The summed E-state index contributed by atoms with van der Waals surface area (Å²) in [6.07, 6.45) is -5.18. The summed E-state index contributed by atoms with van der Waals surface area (Å²) in [5.41, 5.74) is 0.843. The number of carboxylic acid groups (broad SMARTS) is 1. The van der Waals surface area contributed by atoms with E-state index in [1.54, 1.807) is 0 Å². The van der Waals surface area contributed by atoms with Gasteiger partial charge in [0, 0.05) is 18.6 Å². The van der Waals surface area contributed by atoms with Gasteiger partial charge in [-0.1, -0.05) is 12.1 Å². The van der Waals surface area contributed by atoms with Gasteiger partial charge < -0.3 is 50.3 Å². The van der Waals surface area contributed by atoms with Crippen molar-refractivity contribution in [2.75, 3.05) is 11.5 Å². The summed E-state index contributed by atoms with van der Waals surface area (Å²) in [6, 6.07) is 6.73. The zero-order valence-corrected chi connectivity index (χ0v) is 19.1. The molecule has 0 aromatic heterocycles. The number of rotatable bonds is 6. The first-order valence-corrected chi connectivity index (χ1v) is 11.1. The fourth-order valence-corrected chi connectivity index (χ4v) is 4.21. The number of carboxylic acids is 1. The number of aliphatic carboxylic acids is 1. The number of carbonyl (C=O) groups excluding carboxylic acids is 1. The molecule has 6 atom stereocenters. The van der Waals surface area contributed by atoms with Gasteiger partial charge in [0.1, 0.15) is 30.1 Å². The minimum atomic E-state index is -3.03. The van der Waals surface area contributed by atoms with E-state index >= 15 is 0 Å². The van der Waals surface area contributed by atoms with Crippen molar-refractivity contribution in [1.29, 1.82) is 0 Å². The number of anilines is 1. The lowest BCUT2D eigenvalue weighted by Crippen LogP contribution is -2.67. The van der Waals surface area contributed by atoms with Crippen LogP contribution in [0.2, 0.25) is 0 Å². The highest BCUT2D eigenvalue weighted by Gasteiger charge is 2.55. The molecule has 2 aliphatic rings. The van der Waals surface area contributed by atoms with E-state index in [-0.39, 0.29) is 23.4 Å². The Bertz CT molecular complexity index is 1210. The lowest BCUT2D eigenvalue weighted by atomic mass is 9.98. The maximum Gasteiger partial charge on any atom is 0.355 e. The van der Waals surface area contributed by atoms with Gasteiger partial charge in [-0.15, -0.1) is 0 Å². The summed E-state index contributed by atoms with van der Waals surface area (Å²) in [7, 11) is 0. The highest BCUT2D eigenvalue weighted by atomic mass is 16.8. The average Bonchev–Trinajstić information content (AvgIpc) is 3.23. The quantitative estimate of drug-likeness (QED) is 0.164. The molecule has 2 aromatic rings. The number of carbonyl (C=O) groups is 2. The predicted molar refractivity (Wildman–Crippen MR) is 123 cm³/mol. The maximum absolute atomic E-state index is 13.0. The SMILES string of the molecule is O=C(O)[C@H]1Cc2cc(O)c(O[C@@]3(O)O[C@H](CO)[C@@H](O)[C@H](O)[C@H]3O)cc2N1C(=O)C=Cc1ccc(O)cc1. The number of aromatic hydroxyl groups is 2. The molecule has 13 heteroatoms. The van der Waals surface area contributed by atoms with Crippen LogP contribution in [0.3, 0.4) is 0 Å². The van der Waals surface area contributed by atoms with Gasteiger partial charge in [0.05, 0.1) is 12.3 Å². The number of benzene rings is 2. The van der Waals surface area contributed by atoms with Crippen LogP contribution < -0.4 is 9.64 Å². The Labute approximate surface area is 209 Å². The van der Waals surface area contributed by atoms with Crippen LogP contribution in [-0.4, -0.2) is 95.8 Å². The standard InChI is InChI=1S/C24H25NO12/c26-10-18-20(30)21(31)22(32)24(35,37-18)36-17-9-14-12(8-16(17)28)7-15(23(33)34)25(14)19(29)6-3-11-1-4-13(27)5-2-11/h1-6,8-9,15,18,20-22,26-28,30-32,35H,7,10H2,(H,33,34)/t15-,18-,20-,21+,22-,24-/m1/s1. The first-order valence-electron chi connectivity index (χ1n) is 11.1. The topological polar surface area (TPSA) is 218 Å². The normalized spacial score (nSPS) is 29.3. The van der Waals surface area contributed by atoms with Crippen molar-refractivity contribution in [2.24, 2.45) is 0 Å². The molecule has 37 heavy (non-hydrogen) atoms. The summed E-state index contributed by atoms with van der Waals surface area (Å²) in [6.45, 7) is -0.858. The number of aliphatic hydroxyl groups is 5. The van der Waals surface area contributed by atoms with Crippen LogP contribution in [0.15, 0.2) is 42.5 Å². The molecule has 0 aliphatic carbocycles. The average molecular weight is 519 g/mol. The second-order valence-corrected chi connectivity index (χ2v) is 8.64. The lowest BCUT2D eigenvalue weighted by molar-refractivity contribution is -0.422. The molecule has 1 saturated heterocycles. The van der Waals surface area contributed by atoms with Gasteiger partial charge in [-0.05, 0) is 35.4 Å². The fraction of sp³-hybridized carbons (Fsp3) is 0.333. The van der Waals surface area contributed by atoms with E-state index in [0.29, 0.717) is 5.56 Å². The number of hydrogen-bond donors (Lipinski definition) is 8. The molecule has 1 amide bonds. The molecule has 13 nitrogen and oxygen atoms in total. The monoisotopic (exact) mass is 519 g/mol. The first-order chi connectivity index (χ1) is 17.4. The number of nitrogens with zero attached hydrogens (tertiary/aromatic N) is 1. The molecule has 198 valence electrons. The highest BCUT2D eigenvalue weighted by Crippen LogP contribution is 2.43. The molecule has 0 radical (unpaired) electrons. The molecule has 0 unspecified atom stereocenters. The van der Waals surface area contributed by atoms with Crippen LogP contribution in [0, 0.1) is 0 Å². The van der Waals surface area contributed by atoms with Crippen molar-refractivity contribution < 1.29 is 59.9 Å². The molecule has 2 heterocycles. The van der Waals surface area contributed by atoms with Gasteiger partial charge in [0.2, 0.25) is 0 Å². The summed E-state index contributed by atoms with van der Waals surface area (Å²) < 4.78 is 10.3. The van der Waals surface area contributed by atoms with Gasteiger partial charge in [-0.2, -0.15) is 0 Å². The first kappa shape index (κ1) is 26.3. The number of phenols is 2. The zero-order chi connectivity index (χ0) is 27.1. The van der Waals surface area contributed by atoms with E-state index < -0.39 is 66.4 Å². The third-order valence-electron chi connectivity index (χ3n) is 6.16. The molecule has 2 aromatic carbocycles. The van der Waals surface area contributed by atoms with E-state index in [0.717, 1.165) is 23.1 Å². The number of aliphatic hydroxyl groups excluding tert-OH is 4. The largest absolute Gasteiger partial charge is 0.508 e. The van der Waals surface area contributed by atoms with Crippen LogP contribution in [0.4, 0.5) is 5.69 Å². The highest BCUT2D eigenvalue weighted by molar-refractivity contribution is 6.09. The Hall–Kier alpha value is -3.72. The van der Waals surface area contributed by atoms with E-state index in [9.17, 15) is 50.4 Å².